The normalized spacial score (nSPS) is 15.9. The zero-order valence-corrected chi connectivity index (χ0v) is 15.7. The first-order valence-electron chi connectivity index (χ1n) is 9.09. The van der Waals surface area contributed by atoms with Crippen molar-refractivity contribution in [2.45, 2.75) is 18.3 Å². The first kappa shape index (κ1) is 17.1. The molecule has 0 spiro atoms. The molecular weight excluding hydrogens is 376 g/mol. The van der Waals surface area contributed by atoms with Gasteiger partial charge in [0.15, 0.2) is 11.5 Å². The number of nitrogens with one attached hydrogen (secondary N) is 1. The van der Waals surface area contributed by atoms with E-state index in [1.807, 2.05) is 54.6 Å². The van der Waals surface area contributed by atoms with Gasteiger partial charge in [-0.15, -0.1) is 0 Å². The molecule has 6 heteroatoms. The van der Waals surface area contributed by atoms with Crippen LogP contribution in [0.1, 0.15) is 18.4 Å². The van der Waals surface area contributed by atoms with Crippen LogP contribution < -0.4 is 14.8 Å². The summed E-state index contributed by atoms with van der Waals surface area (Å²) in [5, 5.41) is 3.63. The van der Waals surface area contributed by atoms with E-state index >= 15 is 0 Å². The number of anilines is 1. The molecule has 2 heterocycles. The van der Waals surface area contributed by atoms with Crippen molar-refractivity contribution >= 4 is 23.3 Å². The maximum Gasteiger partial charge on any atom is 0.236 e. The van der Waals surface area contributed by atoms with Crippen LogP contribution in [0.3, 0.4) is 0 Å². The third-order valence-corrected chi connectivity index (χ3v) is 5.46. The Kier molecular flexibility index (Phi) is 3.98. The molecule has 2 aliphatic rings. The van der Waals surface area contributed by atoms with Crippen LogP contribution in [-0.4, -0.2) is 17.7 Å². The average molecular weight is 393 g/mol. The Morgan fingerprint density at radius 2 is 1.82 bits per heavy atom. The van der Waals surface area contributed by atoms with Gasteiger partial charge in [-0.1, -0.05) is 35.9 Å². The average Bonchev–Trinajstić information content (AvgIpc) is 3.39. The molecule has 1 amide bonds. The van der Waals surface area contributed by atoms with Crippen molar-refractivity contribution in [3.63, 3.8) is 0 Å². The molecule has 1 saturated carbocycles. The smallest absolute Gasteiger partial charge is 0.236 e. The zero-order valence-electron chi connectivity index (χ0n) is 14.9. The fourth-order valence-corrected chi connectivity index (χ4v) is 3.71. The lowest BCUT2D eigenvalue weighted by Crippen LogP contribution is -2.28. The van der Waals surface area contributed by atoms with Gasteiger partial charge in [-0.2, -0.15) is 0 Å². The topological polar surface area (TPSA) is 60.5 Å². The van der Waals surface area contributed by atoms with E-state index in [9.17, 15) is 4.79 Å². The van der Waals surface area contributed by atoms with Crippen molar-refractivity contribution in [1.82, 2.24) is 4.98 Å². The highest BCUT2D eigenvalue weighted by atomic mass is 35.5. The summed E-state index contributed by atoms with van der Waals surface area (Å²) >= 11 is 6.08. The molecule has 0 saturated heterocycles. The number of aromatic nitrogens is 1. The van der Waals surface area contributed by atoms with Crippen LogP contribution in [0, 0.1) is 0 Å². The van der Waals surface area contributed by atoms with E-state index in [0.717, 1.165) is 35.4 Å². The molecule has 1 aliphatic heterocycles. The number of hydrogen-bond acceptors (Lipinski definition) is 4. The van der Waals surface area contributed by atoms with Gasteiger partial charge in [0, 0.05) is 10.6 Å². The third kappa shape index (κ3) is 2.98. The van der Waals surface area contributed by atoms with Crippen LogP contribution in [0.4, 0.5) is 5.82 Å². The van der Waals surface area contributed by atoms with Crippen LogP contribution in [0.25, 0.3) is 11.3 Å². The van der Waals surface area contributed by atoms with E-state index < -0.39 is 5.41 Å². The molecule has 0 unspecified atom stereocenters. The van der Waals surface area contributed by atoms with Crippen molar-refractivity contribution in [1.29, 1.82) is 0 Å². The first-order chi connectivity index (χ1) is 13.6. The predicted octanol–water partition coefficient (Wildman–Crippen LogP) is 4.80. The number of carbonyl (C=O) groups is 1. The van der Waals surface area contributed by atoms with Gasteiger partial charge < -0.3 is 14.8 Å². The predicted molar refractivity (Wildman–Crippen MR) is 107 cm³/mol. The molecule has 1 aromatic heterocycles. The van der Waals surface area contributed by atoms with Gasteiger partial charge in [0.2, 0.25) is 12.7 Å². The number of halogens is 1. The second-order valence-electron chi connectivity index (χ2n) is 7.02. The number of carbonyl (C=O) groups excluding carboxylic acids is 1. The van der Waals surface area contributed by atoms with Crippen molar-refractivity contribution in [2.24, 2.45) is 0 Å². The zero-order chi connectivity index (χ0) is 19.1. The molecule has 2 aromatic carbocycles. The van der Waals surface area contributed by atoms with Crippen LogP contribution >= 0.6 is 11.6 Å². The Morgan fingerprint density at radius 1 is 1.00 bits per heavy atom. The lowest BCUT2D eigenvalue weighted by molar-refractivity contribution is -0.118. The minimum atomic E-state index is -0.533. The quantitative estimate of drug-likeness (QED) is 0.692. The Bertz CT molecular complexity index is 1080. The summed E-state index contributed by atoms with van der Waals surface area (Å²) in [4.78, 5) is 17.6. The highest BCUT2D eigenvalue weighted by Gasteiger charge is 2.51. The number of fused-ring (bicyclic) bond motifs is 1. The Morgan fingerprint density at radius 3 is 2.64 bits per heavy atom. The number of amides is 1. The van der Waals surface area contributed by atoms with Crippen molar-refractivity contribution in [3.05, 3.63) is 71.2 Å². The van der Waals surface area contributed by atoms with Gasteiger partial charge in [-0.05, 0) is 54.8 Å². The number of pyridine rings is 1. The van der Waals surface area contributed by atoms with E-state index in [2.05, 4.69) is 10.3 Å². The van der Waals surface area contributed by atoms with Crippen LogP contribution in [0.15, 0.2) is 60.7 Å². The van der Waals surface area contributed by atoms with Gasteiger partial charge in [0.05, 0.1) is 11.1 Å². The Balaban J connectivity index is 1.39. The van der Waals surface area contributed by atoms with E-state index in [-0.39, 0.29) is 12.7 Å². The van der Waals surface area contributed by atoms with E-state index in [1.54, 1.807) is 6.07 Å². The fourth-order valence-electron chi connectivity index (χ4n) is 3.51. The number of nitrogens with zero attached hydrogens (tertiary/aromatic N) is 1. The standard InChI is InChI=1S/C22H17ClN2O3/c23-16-4-1-3-14(11-16)17-5-2-6-20(24-17)25-21(26)22(9-10-22)15-7-8-18-19(12-15)28-13-27-18/h1-8,11-12H,9-10,13H2,(H,24,25,26). The number of hydrogen-bond donors (Lipinski definition) is 1. The molecule has 1 aliphatic carbocycles. The molecule has 0 atom stereocenters. The highest BCUT2D eigenvalue weighted by molar-refractivity contribution is 6.30. The molecule has 0 bridgehead atoms. The summed E-state index contributed by atoms with van der Waals surface area (Å²) in [6.07, 6.45) is 1.60. The molecule has 5 nitrogen and oxygen atoms in total. The highest BCUT2D eigenvalue weighted by Crippen LogP contribution is 2.51. The van der Waals surface area contributed by atoms with E-state index in [1.165, 1.54) is 0 Å². The summed E-state index contributed by atoms with van der Waals surface area (Å²) in [5.41, 5.74) is 2.07. The van der Waals surface area contributed by atoms with Crippen LogP contribution in [0.5, 0.6) is 11.5 Å². The van der Waals surface area contributed by atoms with E-state index in [4.69, 9.17) is 21.1 Å². The summed E-state index contributed by atoms with van der Waals surface area (Å²) < 4.78 is 10.8. The lowest BCUT2D eigenvalue weighted by Gasteiger charge is -2.16. The van der Waals surface area contributed by atoms with Crippen LogP contribution in [-0.2, 0) is 10.2 Å². The maximum atomic E-state index is 13.1. The lowest BCUT2D eigenvalue weighted by atomic mass is 9.94. The minimum absolute atomic E-state index is 0.0536. The molecule has 1 fully saturated rings. The minimum Gasteiger partial charge on any atom is -0.454 e. The van der Waals surface area contributed by atoms with Gasteiger partial charge >= 0.3 is 0 Å². The summed E-state index contributed by atoms with van der Waals surface area (Å²) in [7, 11) is 0. The largest absolute Gasteiger partial charge is 0.454 e. The molecule has 3 aromatic rings. The Hall–Kier alpha value is -3.05. The Labute approximate surface area is 167 Å². The summed E-state index contributed by atoms with van der Waals surface area (Å²) in [6.45, 7) is 0.220. The van der Waals surface area contributed by atoms with Gasteiger partial charge in [-0.25, -0.2) is 4.98 Å². The summed E-state index contributed by atoms with van der Waals surface area (Å²) in [5.74, 6) is 1.88. The van der Waals surface area contributed by atoms with Crippen LogP contribution in [0.2, 0.25) is 5.02 Å². The molecular formula is C22H17ClN2O3. The maximum absolute atomic E-state index is 13.1. The monoisotopic (exact) mass is 392 g/mol. The number of benzene rings is 2. The van der Waals surface area contributed by atoms with E-state index in [0.29, 0.717) is 16.6 Å². The van der Waals surface area contributed by atoms with Crippen molar-refractivity contribution < 1.29 is 14.3 Å². The molecule has 28 heavy (non-hydrogen) atoms. The molecule has 140 valence electrons. The third-order valence-electron chi connectivity index (χ3n) is 5.22. The van der Waals surface area contributed by atoms with Gasteiger partial charge in [0.1, 0.15) is 5.82 Å². The second kappa shape index (κ2) is 6.53. The number of rotatable bonds is 4. The molecule has 0 radical (unpaired) electrons. The SMILES string of the molecule is O=C(Nc1cccc(-c2cccc(Cl)c2)n1)C1(c2ccc3c(c2)OCO3)CC1. The first-order valence-corrected chi connectivity index (χ1v) is 9.46. The van der Waals surface area contributed by atoms with Crippen molar-refractivity contribution in [3.8, 4) is 22.8 Å². The molecule has 5 rings (SSSR count). The fraction of sp³-hybridized carbons (Fsp3) is 0.182. The second-order valence-corrected chi connectivity index (χ2v) is 7.46. The van der Waals surface area contributed by atoms with Crippen molar-refractivity contribution in [2.75, 3.05) is 12.1 Å². The summed E-state index contributed by atoms with van der Waals surface area (Å²) in [6, 6.07) is 18.8. The number of ether oxygens (including phenoxy) is 2. The van der Waals surface area contributed by atoms with Gasteiger partial charge in [-0.3, -0.25) is 4.79 Å². The molecule has 1 N–H and O–H groups in total. The van der Waals surface area contributed by atoms with Gasteiger partial charge in [0.25, 0.3) is 0 Å².